The maximum absolute atomic E-state index is 12.9. The smallest absolute Gasteiger partial charge is 0.462 e. The summed E-state index contributed by atoms with van der Waals surface area (Å²) in [6.45, 7) is 7.02. The molecule has 77 heavy (non-hydrogen) atoms. The van der Waals surface area contributed by atoms with Crippen molar-refractivity contribution in [2.24, 2.45) is 5.92 Å². The number of phosphoric acid groups is 2. The number of hydrogen-bond acceptors (Lipinski definition) is 15. The molecule has 0 saturated heterocycles. The molecule has 0 bridgehead atoms. The number of unbranched alkanes of at least 4 members (excludes halogenated alkanes) is 29. The van der Waals surface area contributed by atoms with Gasteiger partial charge in [0.1, 0.15) is 19.3 Å². The molecule has 0 heterocycles. The van der Waals surface area contributed by atoms with Gasteiger partial charge in [-0.15, -0.1) is 0 Å². The Bertz CT molecular complexity index is 1520. The number of aliphatic hydroxyl groups is 1. The lowest BCUT2D eigenvalue weighted by atomic mass is 9.99. The minimum absolute atomic E-state index is 0.103. The number of esters is 4. The maximum Gasteiger partial charge on any atom is 0.472 e. The van der Waals surface area contributed by atoms with Crippen LogP contribution in [0.5, 0.6) is 0 Å². The number of ether oxygens (including phenoxy) is 4. The monoisotopic (exact) mass is 1140 g/mol. The third-order valence-corrected chi connectivity index (χ3v) is 15.5. The third-order valence-electron chi connectivity index (χ3n) is 13.6. The first-order valence-corrected chi connectivity index (χ1v) is 33.7. The maximum atomic E-state index is 12.9. The summed E-state index contributed by atoms with van der Waals surface area (Å²) in [5, 5.41) is 10.5. The highest BCUT2D eigenvalue weighted by Crippen LogP contribution is 2.45. The number of carbonyl (C=O) groups is 4. The molecule has 17 nitrogen and oxygen atoms in total. The first-order chi connectivity index (χ1) is 37.1. The molecular weight excluding hydrogens is 1030 g/mol. The Labute approximate surface area is 467 Å². The van der Waals surface area contributed by atoms with Crippen molar-refractivity contribution in [3.63, 3.8) is 0 Å². The van der Waals surface area contributed by atoms with Crippen LogP contribution in [0.4, 0.5) is 0 Å². The van der Waals surface area contributed by atoms with E-state index in [1.54, 1.807) is 0 Å². The summed E-state index contributed by atoms with van der Waals surface area (Å²) in [7, 11) is -9.86. The molecule has 456 valence electrons. The van der Waals surface area contributed by atoms with Gasteiger partial charge < -0.3 is 33.8 Å². The highest BCUT2D eigenvalue weighted by molar-refractivity contribution is 7.47. The van der Waals surface area contributed by atoms with E-state index >= 15 is 0 Å². The number of hydrogen-bond donors (Lipinski definition) is 3. The summed E-state index contributed by atoms with van der Waals surface area (Å²) in [6, 6.07) is 0. The Morgan fingerprint density at radius 3 is 0.922 bits per heavy atom. The number of rotatable bonds is 58. The van der Waals surface area contributed by atoms with Gasteiger partial charge in [0.05, 0.1) is 26.4 Å². The van der Waals surface area contributed by atoms with Gasteiger partial charge in [-0.25, -0.2) is 9.13 Å². The Balaban J connectivity index is 5.17. The second kappa shape index (κ2) is 52.2. The van der Waals surface area contributed by atoms with Crippen LogP contribution in [0, 0.1) is 5.92 Å². The summed E-state index contributed by atoms with van der Waals surface area (Å²) in [5.41, 5.74) is 0. The Hall–Kier alpha value is -1.94. The molecular formula is C58H112O17P2. The first kappa shape index (κ1) is 75.1. The highest BCUT2D eigenvalue weighted by Gasteiger charge is 2.30. The van der Waals surface area contributed by atoms with E-state index in [1.165, 1.54) is 89.9 Å². The van der Waals surface area contributed by atoms with Crippen molar-refractivity contribution in [3.05, 3.63) is 0 Å². The van der Waals surface area contributed by atoms with Crippen LogP contribution in [-0.2, 0) is 65.4 Å². The summed E-state index contributed by atoms with van der Waals surface area (Å²) >= 11 is 0. The lowest BCUT2D eigenvalue weighted by molar-refractivity contribution is -0.161. The zero-order valence-corrected chi connectivity index (χ0v) is 50.9. The van der Waals surface area contributed by atoms with Gasteiger partial charge in [-0.3, -0.25) is 37.3 Å². The molecule has 0 aromatic rings. The molecule has 0 fully saturated rings. The summed E-state index contributed by atoms with van der Waals surface area (Å²) < 4.78 is 67.5. The second-order valence-electron chi connectivity index (χ2n) is 21.3. The molecule has 3 unspecified atom stereocenters. The Kier molecular flexibility index (Phi) is 50.8. The van der Waals surface area contributed by atoms with Crippen LogP contribution in [0.15, 0.2) is 0 Å². The molecule has 19 heteroatoms. The number of phosphoric ester groups is 2. The van der Waals surface area contributed by atoms with Crippen molar-refractivity contribution in [1.29, 1.82) is 0 Å². The van der Waals surface area contributed by atoms with E-state index < -0.39 is 97.5 Å². The topological polar surface area (TPSA) is 237 Å². The molecule has 0 amide bonds. The number of aliphatic hydroxyl groups excluding tert-OH is 1. The van der Waals surface area contributed by atoms with Crippen LogP contribution in [0.25, 0.3) is 0 Å². The number of carbonyl (C=O) groups excluding carboxylic acids is 4. The minimum Gasteiger partial charge on any atom is -0.462 e. The van der Waals surface area contributed by atoms with Gasteiger partial charge in [0.15, 0.2) is 12.2 Å². The summed E-state index contributed by atoms with van der Waals surface area (Å²) in [6.07, 6.45) is 33.8. The average Bonchev–Trinajstić information content (AvgIpc) is 3.40. The molecule has 6 atom stereocenters. The van der Waals surface area contributed by atoms with Gasteiger partial charge in [0.25, 0.3) is 0 Å². The van der Waals surface area contributed by atoms with Crippen LogP contribution in [0.3, 0.4) is 0 Å². The van der Waals surface area contributed by atoms with E-state index in [0.29, 0.717) is 25.7 Å². The van der Waals surface area contributed by atoms with Crippen LogP contribution in [0.1, 0.15) is 285 Å². The molecule has 0 aliphatic heterocycles. The SMILES string of the molecule is CCCCCCCCCCCCCCCC(=O)O[C@H](COC(=O)CCCCCCCCCCC(C)CC)COP(=O)(O)OC[C@@H](O)COP(=O)(O)OC[C@@H](COC(=O)CCCCCCC)OC(=O)CCCCCCCCC. The fourth-order valence-electron chi connectivity index (χ4n) is 8.49. The molecule has 0 aromatic heterocycles. The predicted octanol–water partition coefficient (Wildman–Crippen LogP) is 15.5. The van der Waals surface area contributed by atoms with E-state index in [1.807, 2.05) is 0 Å². The van der Waals surface area contributed by atoms with Gasteiger partial charge in [0.2, 0.25) is 0 Å². The molecule has 0 aliphatic carbocycles. The predicted molar refractivity (Wildman–Crippen MR) is 303 cm³/mol. The largest absolute Gasteiger partial charge is 0.472 e. The van der Waals surface area contributed by atoms with Gasteiger partial charge in [-0.1, -0.05) is 234 Å². The molecule has 0 aromatic carbocycles. The summed E-state index contributed by atoms with van der Waals surface area (Å²) in [5.74, 6) is -1.38. The van der Waals surface area contributed by atoms with Crippen molar-refractivity contribution in [1.82, 2.24) is 0 Å². The van der Waals surface area contributed by atoms with E-state index in [4.69, 9.17) is 37.0 Å². The van der Waals surface area contributed by atoms with Crippen molar-refractivity contribution in [2.45, 2.75) is 303 Å². The normalized spacial score (nSPS) is 14.8. The van der Waals surface area contributed by atoms with Crippen LogP contribution in [-0.4, -0.2) is 96.7 Å². The average molecular weight is 1140 g/mol. The molecule has 0 rings (SSSR count). The first-order valence-electron chi connectivity index (χ1n) is 30.7. The standard InChI is InChI=1S/C58H112O17P2/c1-6-10-13-16-18-19-20-21-22-23-29-34-39-44-58(63)75-54(48-69-56(61)42-37-32-28-25-24-27-31-35-40-51(5)9-4)50-73-77(66,67)71-46-52(59)45-70-76(64,65)72-49-53(47-68-55(60)41-36-30-15-12-8-3)74-57(62)43-38-33-26-17-14-11-7-2/h51-54,59H,6-50H2,1-5H3,(H,64,65)(H,66,67)/t51?,52-,53+,54+/m0/s1. The van der Waals surface area contributed by atoms with Gasteiger partial charge in [0, 0.05) is 25.7 Å². The van der Waals surface area contributed by atoms with Gasteiger partial charge in [-0.05, 0) is 31.6 Å². The van der Waals surface area contributed by atoms with Crippen molar-refractivity contribution in [2.75, 3.05) is 39.6 Å². The summed E-state index contributed by atoms with van der Waals surface area (Å²) in [4.78, 5) is 71.6. The van der Waals surface area contributed by atoms with E-state index in [-0.39, 0.29) is 25.7 Å². The zero-order valence-electron chi connectivity index (χ0n) is 49.1. The molecule has 0 spiro atoms. The molecule has 0 saturated carbocycles. The molecule has 3 N–H and O–H groups in total. The quantitative estimate of drug-likeness (QED) is 0.0222. The van der Waals surface area contributed by atoms with Crippen molar-refractivity contribution in [3.8, 4) is 0 Å². The third kappa shape index (κ3) is 51.9. The lowest BCUT2D eigenvalue weighted by Gasteiger charge is -2.21. The van der Waals surface area contributed by atoms with Gasteiger partial charge in [-0.2, -0.15) is 0 Å². The van der Waals surface area contributed by atoms with Crippen LogP contribution < -0.4 is 0 Å². The fourth-order valence-corrected chi connectivity index (χ4v) is 10.1. The Morgan fingerprint density at radius 1 is 0.364 bits per heavy atom. The van der Waals surface area contributed by atoms with Crippen molar-refractivity contribution < 1.29 is 80.2 Å². The Morgan fingerprint density at radius 2 is 0.623 bits per heavy atom. The second-order valence-corrected chi connectivity index (χ2v) is 24.2. The van der Waals surface area contributed by atoms with Crippen molar-refractivity contribution >= 4 is 39.5 Å². The van der Waals surface area contributed by atoms with E-state index in [0.717, 1.165) is 115 Å². The molecule has 0 radical (unpaired) electrons. The van der Waals surface area contributed by atoms with Gasteiger partial charge >= 0.3 is 39.5 Å². The van der Waals surface area contributed by atoms with Crippen LogP contribution >= 0.6 is 15.6 Å². The highest BCUT2D eigenvalue weighted by atomic mass is 31.2. The zero-order chi connectivity index (χ0) is 57.1. The minimum atomic E-state index is -4.94. The van der Waals surface area contributed by atoms with Crippen LogP contribution in [0.2, 0.25) is 0 Å². The lowest BCUT2D eigenvalue weighted by Crippen LogP contribution is -2.30. The van der Waals surface area contributed by atoms with E-state index in [2.05, 4.69) is 34.6 Å². The molecule has 0 aliphatic rings. The fraction of sp³-hybridized carbons (Fsp3) is 0.931. The van der Waals surface area contributed by atoms with E-state index in [9.17, 15) is 43.2 Å².